The molecule has 1 aliphatic rings. The first kappa shape index (κ1) is 14.9. The summed E-state index contributed by atoms with van der Waals surface area (Å²) in [6.45, 7) is -0.277. The number of carbonyl (C=O) groups excluding carboxylic acids is 3. The summed E-state index contributed by atoms with van der Waals surface area (Å²) in [5.41, 5.74) is -0.224. The summed E-state index contributed by atoms with van der Waals surface area (Å²) in [5, 5.41) is 6.76. The number of urea groups is 1. The van der Waals surface area contributed by atoms with Crippen molar-refractivity contribution in [1.82, 2.24) is 16.0 Å². The quantitative estimate of drug-likeness (QED) is 0.694. The Labute approximate surface area is 118 Å². The zero-order valence-electron chi connectivity index (χ0n) is 10.9. The summed E-state index contributed by atoms with van der Waals surface area (Å²) in [6.07, 6.45) is 0.0671. The molecule has 0 radical (unpaired) electrons. The topological polar surface area (TPSA) is 87.3 Å². The fourth-order valence-corrected chi connectivity index (χ4v) is 1.91. The molecule has 1 heterocycles. The van der Waals surface area contributed by atoms with Crippen LogP contribution in [0.2, 0.25) is 0 Å². The number of imide groups is 1. The molecule has 2 rings (SSSR count). The molecule has 4 amide bonds. The molecule has 0 spiro atoms. The molecule has 1 fully saturated rings. The van der Waals surface area contributed by atoms with Crippen molar-refractivity contribution in [3.8, 4) is 0 Å². The predicted octanol–water partition coefficient (Wildman–Crippen LogP) is 0.569. The van der Waals surface area contributed by atoms with Crippen molar-refractivity contribution in [2.75, 3.05) is 0 Å². The number of halogens is 2. The Hall–Kier alpha value is -2.51. The maximum absolute atomic E-state index is 13.3. The van der Waals surface area contributed by atoms with Crippen molar-refractivity contribution in [2.24, 2.45) is 0 Å². The summed E-state index contributed by atoms with van der Waals surface area (Å²) in [4.78, 5) is 33.7. The van der Waals surface area contributed by atoms with E-state index in [1.54, 1.807) is 0 Å². The Morgan fingerprint density at radius 2 is 1.90 bits per heavy atom. The minimum atomic E-state index is -0.756. The lowest BCUT2D eigenvalue weighted by atomic mass is 10.1. The minimum absolute atomic E-state index is 0.0472. The van der Waals surface area contributed by atoms with E-state index < -0.39 is 35.5 Å². The molecular weight excluding hydrogens is 284 g/mol. The van der Waals surface area contributed by atoms with Crippen molar-refractivity contribution >= 4 is 17.8 Å². The summed E-state index contributed by atoms with van der Waals surface area (Å²) in [5.74, 6) is -2.44. The smallest absolute Gasteiger partial charge is 0.322 e. The van der Waals surface area contributed by atoms with Gasteiger partial charge in [0.1, 0.15) is 17.7 Å². The number of hydrogen-bond donors (Lipinski definition) is 3. The Morgan fingerprint density at radius 3 is 2.48 bits per heavy atom. The SMILES string of the molecule is O=C(CC[C@@H]1NC(=O)NC1=O)NCc1c(F)cccc1F. The first-order valence-corrected chi connectivity index (χ1v) is 6.28. The van der Waals surface area contributed by atoms with Gasteiger partial charge in [0.25, 0.3) is 5.91 Å². The highest BCUT2D eigenvalue weighted by Crippen LogP contribution is 2.11. The molecule has 21 heavy (non-hydrogen) atoms. The van der Waals surface area contributed by atoms with Crippen LogP contribution in [0.5, 0.6) is 0 Å². The van der Waals surface area contributed by atoms with Gasteiger partial charge in [0.05, 0.1) is 0 Å². The summed E-state index contributed by atoms with van der Waals surface area (Å²) in [6, 6.07) is 2.08. The second-order valence-electron chi connectivity index (χ2n) is 4.53. The first-order valence-electron chi connectivity index (χ1n) is 6.28. The molecule has 1 aliphatic heterocycles. The van der Waals surface area contributed by atoms with Crippen molar-refractivity contribution in [3.63, 3.8) is 0 Å². The maximum Gasteiger partial charge on any atom is 0.322 e. The highest BCUT2D eigenvalue weighted by Gasteiger charge is 2.29. The molecule has 1 aromatic carbocycles. The Kier molecular flexibility index (Phi) is 4.46. The molecule has 0 bridgehead atoms. The van der Waals surface area contributed by atoms with Crippen LogP contribution in [-0.2, 0) is 16.1 Å². The van der Waals surface area contributed by atoms with E-state index in [1.807, 2.05) is 5.32 Å². The third-order valence-corrected chi connectivity index (χ3v) is 3.04. The van der Waals surface area contributed by atoms with Crippen LogP contribution in [0.3, 0.4) is 0 Å². The van der Waals surface area contributed by atoms with Crippen LogP contribution in [0.25, 0.3) is 0 Å². The molecule has 0 aliphatic carbocycles. The second-order valence-corrected chi connectivity index (χ2v) is 4.53. The molecule has 0 saturated carbocycles. The number of amides is 4. The van der Waals surface area contributed by atoms with Gasteiger partial charge in [-0.05, 0) is 18.6 Å². The Bertz CT molecular complexity index is 572. The summed E-state index contributed by atoms with van der Waals surface area (Å²) < 4.78 is 26.7. The van der Waals surface area contributed by atoms with Gasteiger partial charge in [-0.1, -0.05) is 6.07 Å². The van der Waals surface area contributed by atoms with Gasteiger partial charge < -0.3 is 10.6 Å². The standard InChI is InChI=1S/C13H13F2N3O3/c14-8-2-1-3-9(15)7(8)6-16-11(19)5-4-10-12(20)18-13(21)17-10/h1-3,10H,4-6H2,(H,16,19)(H2,17,18,20,21)/t10-/m0/s1. The highest BCUT2D eigenvalue weighted by atomic mass is 19.1. The molecular formula is C13H13F2N3O3. The molecule has 0 unspecified atom stereocenters. The van der Waals surface area contributed by atoms with Crippen LogP contribution >= 0.6 is 0 Å². The number of nitrogens with one attached hydrogen (secondary N) is 3. The molecule has 8 heteroatoms. The normalized spacial score (nSPS) is 17.3. The van der Waals surface area contributed by atoms with Crippen LogP contribution in [0.1, 0.15) is 18.4 Å². The van der Waals surface area contributed by atoms with Crippen molar-refractivity contribution in [3.05, 3.63) is 35.4 Å². The average Bonchev–Trinajstić information content (AvgIpc) is 2.74. The highest BCUT2D eigenvalue weighted by molar-refractivity contribution is 6.04. The van der Waals surface area contributed by atoms with Crippen LogP contribution < -0.4 is 16.0 Å². The fraction of sp³-hybridized carbons (Fsp3) is 0.308. The fourth-order valence-electron chi connectivity index (χ4n) is 1.91. The molecule has 1 atom stereocenters. The van der Waals surface area contributed by atoms with E-state index in [0.29, 0.717) is 0 Å². The number of benzene rings is 1. The van der Waals surface area contributed by atoms with E-state index in [4.69, 9.17) is 0 Å². The molecule has 3 N–H and O–H groups in total. The predicted molar refractivity (Wildman–Crippen MR) is 67.9 cm³/mol. The van der Waals surface area contributed by atoms with Crippen LogP contribution in [-0.4, -0.2) is 23.9 Å². The minimum Gasteiger partial charge on any atom is -0.352 e. The zero-order valence-corrected chi connectivity index (χ0v) is 10.9. The lowest BCUT2D eigenvalue weighted by Crippen LogP contribution is -2.31. The van der Waals surface area contributed by atoms with E-state index in [1.165, 1.54) is 6.07 Å². The lowest BCUT2D eigenvalue weighted by molar-refractivity contribution is -0.122. The summed E-state index contributed by atoms with van der Waals surface area (Å²) >= 11 is 0. The second kappa shape index (κ2) is 6.29. The monoisotopic (exact) mass is 297 g/mol. The molecule has 1 saturated heterocycles. The van der Waals surface area contributed by atoms with Gasteiger partial charge in [0.2, 0.25) is 5.91 Å². The molecule has 6 nitrogen and oxygen atoms in total. The molecule has 1 aromatic rings. The zero-order chi connectivity index (χ0) is 15.4. The van der Waals surface area contributed by atoms with Crippen molar-refractivity contribution in [2.45, 2.75) is 25.4 Å². The van der Waals surface area contributed by atoms with Gasteiger partial charge in [-0.2, -0.15) is 0 Å². The van der Waals surface area contributed by atoms with Crippen molar-refractivity contribution < 1.29 is 23.2 Å². The van der Waals surface area contributed by atoms with Crippen LogP contribution in [0.4, 0.5) is 13.6 Å². The van der Waals surface area contributed by atoms with E-state index in [2.05, 4.69) is 10.6 Å². The largest absolute Gasteiger partial charge is 0.352 e. The third-order valence-electron chi connectivity index (χ3n) is 3.04. The Balaban J connectivity index is 1.80. The molecule has 112 valence electrons. The van der Waals surface area contributed by atoms with Crippen LogP contribution in [0.15, 0.2) is 18.2 Å². The first-order chi connectivity index (χ1) is 9.97. The van der Waals surface area contributed by atoms with E-state index in [-0.39, 0.29) is 24.9 Å². The van der Waals surface area contributed by atoms with Gasteiger partial charge in [0, 0.05) is 18.5 Å². The Morgan fingerprint density at radius 1 is 1.24 bits per heavy atom. The van der Waals surface area contributed by atoms with E-state index >= 15 is 0 Å². The van der Waals surface area contributed by atoms with Gasteiger partial charge in [0.15, 0.2) is 0 Å². The number of rotatable bonds is 5. The van der Waals surface area contributed by atoms with E-state index in [9.17, 15) is 23.2 Å². The van der Waals surface area contributed by atoms with Gasteiger partial charge >= 0.3 is 6.03 Å². The van der Waals surface area contributed by atoms with Gasteiger partial charge in [-0.15, -0.1) is 0 Å². The molecule has 0 aromatic heterocycles. The summed E-state index contributed by atoms with van der Waals surface area (Å²) in [7, 11) is 0. The van der Waals surface area contributed by atoms with Crippen molar-refractivity contribution in [1.29, 1.82) is 0 Å². The third kappa shape index (κ3) is 3.74. The maximum atomic E-state index is 13.3. The van der Waals surface area contributed by atoms with E-state index in [0.717, 1.165) is 12.1 Å². The van der Waals surface area contributed by atoms with Gasteiger partial charge in [-0.3, -0.25) is 14.9 Å². The average molecular weight is 297 g/mol. The lowest BCUT2D eigenvalue weighted by Gasteiger charge is -2.09. The van der Waals surface area contributed by atoms with Crippen LogP contribution in [0, 0.1) is 11.6 Å². The van der Waals surface area contributed by atoms with Gasteiger partial charge in [-0.25, -0.2) is 13.6 Å². The number of carbonyl (C=O) groups is 3. The number of hydrogen-bond acceptors (Lipinski definition) is 3.